The van der Waals surface area contributed by atoms with E-state index in [1.54, 1.807) is 0 Å². The Morgan fingerprint density at radius 3 is 2.55 bits per heavy atom. The summed E-state index contributed by atoms with van der Waals surface area (Å²) in [6.07, 6.45) is 3.54. The fourth-order valence-electron chi connectivity index (χ4n) is 0.703. The van der Waals surface area contributed by atoms with Gasteiger partial charge in [-0.25, -0.2) is 0 Å². The first kappa shape index (κ1) is 10.6. The molecule has 11 heavy (non-hydrogen) atoms. The molecule has 0 spiro atoms. The molecule has 0 aliphatic rings. The van der Waals surface area contributed by atoms with Gasteiger partial charge in [0.05, 0.1) is 20.2 Å². The first-order valence-electron chi connectivity index (χ1n) is 4.22. The average molecular weight is 152 g/mol. The summed E-state index contributed by atoms with van der Waals surface area (Å²) in [4.78, 5) is 0. The minimum atomic E-state index is 0.514. The Morgan fingerprint density at radius 1 is 1.55 bits per heavy atom. The van der Waals surface area contributed by atoms with E-state index >= 15 is 0 Å². The van der Waals surface area contributed by atoms with Crippen molar-refractivity contribution in [1.82, 2.24) is 0 Å². The molecule has 0 unspecified atom stereocenters. The van der Waals surface area contributed by atoms with Crippen molar-refractivity contribution in [3.05, 3.63) is 11.8 Å². The summed E-state index contributed by atoms with van der Waals surface area (Å²) >= 11 is 0. The average Bonchev–Trinajstić information content (AvgIpc) is 1.97. The van der Waals surface area contributed by atoms with Crippen LogP contribution in [-0.4, -0.2) is 14.5 Å². The zero-order valence-corrected chi connectivity index (χ0v) is 7.76. The summed E-state index contributed by atoms with van der Waals surface area (Å²) in [5.74, 6) is 1.49. The van der Waals surface area contributed by atoms with E-state index < -0.39 is 0 Å². The van der Waals surface area contributed by atoms with Crippen LogP contribution in [0.3, 0.4) is 0 Å². The topological polar surface area (TPSA) is 9.23 Å². The number of hydrogen-bond acceptors (Lipinski definition) is 1. The predicted octanol–water partition coefficient (Wildman–Crippen LogP) is 2.54. The number of hydrogen-bond donors (Lipinski definition) is 0. The molecule has 0 heterocycles. The molecule has 62 valence electrons. The number of allylic oxidation sites excluding steroid dienone is 2. The Bertz CT molecular complexity index is 119. The summed E-state index contributed by atoms with van der Waals surface area (Å²) in [6, 6.07) is 0. The Hall–Kier alpha value is -0.395. The van der Waals surface area contributed by atoms with Crippen LogP contribution in [0, 0.1) is 5.92 Å². The Balaban J connectivity index is 3.61. The molecular formula is C9H17BO. The van der Waals surface area contributed by atoms with Gasteiger partial charge in [0.1, 0.15) is 0 Å². The van der Waals surface area contributed by atoms with E-state index in [2.05, 4.69) is 20.8 Å². The Morgan fingerprint density at radius 2 is 2.18 bits per heavy atom. The van der Waals surface area contributed by atoms with Crippen LogP contribution in [0.2, 0.25) is 6.32 Å². The van der Waals surface area contributed by atoms with Crippen LogP contribution in [0.5, 0.6) is 0 Å². The second kappa shape index (κ2) is 6.32. The lowest BCUT2D eigenvalue weighted by molar-refractivity contribution is 0.180. The SMILES string of the molecule is [B]C/C(=C\CC)OCC(C)C. The molecule has 0 amide bonds. The maximum Gasteiger partial charge on any atom is 0.0899 e. The second-order valence-electron chi connectivity index (χ2n) is 2.99. The molecule has 0 fully saturated rings. The third-order valence-electron chi connectivity index (χ3n) is 1.24. The summed E-state index contributed by atoms with van der Waals surface area (Å²) < 4.78 is 5.43. The monoisotopic (exact) mass is 152 g/mol. The van der Waals surface area contributed by atoms with Crippen LogP contribution in [0.4, 0.5) is 0 Å². The van der Waals surface area contributed by atoms with Crippen molar-refractivity contribution in [2.75, 3.05) is 6.61 Å². The molecule has 0 saturated heterocycles. The molecule has 0 aromatic rings. The van der Waals surface area contributed by atoms with Crippen LogP contribution < -0.4 is 0 Å². The predicted molar refractivity (Wildman–Crippen MR) is 49.7 cm³/mol. The van der Waals surface area contributed by atoms with Crippen LogP contribution >= 0.6 is 0 Å². The Kier molecular flexibility index (Phi) is 6.10. The maximum absolute atomic E-state index is 5.45. The van der Waals surface area contributed by atoms with Gasteiger partial charge in [-0.05, 0) is 24.7 Å². The van der Waals surface area contributed by atoms with E-state index in [1.165, 1.54) is 0 Å². The zero-order chi connectivity index (χ0) is 8.69. The normalized spacial score (nSPS) is 12.2. The van der Waals surface area contributed by atoms with Gasteiger partial charge in [-0.2, -0.15) is 0 Å². The van der Waals surface area contributed by atoms with E-state index in [-0.39, 0.29) is 0 Å². The van der Waals surface area contributed by atoms with E-state index in [1.807, 2.05) is 6.08 Å². The molecule has 1 nitrogen and oxygen atoms in total. The van der Waals surface area contributed by atoms with Gasteiger partial charge in [0, 0.05) is 0 Å². The molecule has 0 aromatic heterocycles. The first-order chi connectivity index (χ1) is 5.20. The van der Waals surface area contributed by atoms with Crippen molar-refractivity contribution in [1.29, 1.82) is 0 Å². The van der Waals surface area contributed by atoms with Crippen molar-refractivity contribution in [2.45, 2.75) is 33.5 Å². The van der Waals surface area contributed by atoms with Crippen molar-refractivity contribution in [2.24, 2.45) is 5.92 Å². The molecule has 0 aromatic carbocycles. The highest BCUT2D eigenvalue weighted by Crippen LogP contribution is 2.05. The standard InChI is InChI=1S/C9H17BO/c1-4-5-9(6-10)11-7-8(2)3/h5,8H,4,6-7H2,1-3H3/b9-5+. The minimum absolute atomic E-state index is 0.514. The van der Waals surface area contributed by atoms with Gasteiger partial charge >= 0.3 is 0 Å². The molecule has 0 bridgehead atoms. The van der Waals surface area contributed by atoms with Gasteiger partial charge in [0.15, 0.2) is 0 Å². The third kappa shape index (κ3) is 6.02. The number of ether oxygens (including phenoxy) is 1. The third-order valence-corrected chi connectivity index (χ3v) is 1.24. The highest BCUT2D eigenvalue weighted by molar-refractivity contribution is 6.10. The quantitative estimate of drug-likeness (QED) is 0.434. The largest absolute Gasteiger partial charge is 0.499 e. The fourth-order valence-corrected chi connectivity index (χ4v) is 0.703. The van der Waals surface area contributed by atoms with Gasteiger partial charge < -0.3 is 4.74 Å². The lowest BCUT2D eigenvalue weighted by Crippen LogP contribution is -2.01. The summed E-state index contributed by atoms with van der Waals surface area (Å²) in [5.41, 5.74) is 0. The van der Waals surface area contributed by atoms with E-state index in [0.29, 0.717) is 12.2 Å². The van der Waals surface area contributed by atoms with Gasteiger partial charge in [0.2, 0.25) is 0 Å². The summed E-state index contributed by atoms with van der Waals surface area (Å²) in [6.45, 7) is 7.09. The molecule has 0 rings (SSSR count). The molecule has 0 atom stereocenters. The zero-order valence-electron chi connectivity index (χ0n) is 7.76. The summed E-state index contributed by atoms with van der Waals surface area (Å²) in [5, 5.41) is 0. The van der Waals surface area contributed by atoms with Crippen molar-refractivity contribution >= 4 is 7.85 Å². The van der Waals surface area contributed by atoms with Gasteiger partial charge in [-0.3, -0.25) is 0 Å². The highest BCUT2D eigenvalue weighted by Gasteiger charge is 1.96. The van der Waals surface area contributed by atoms with Gasteiger partial charge in [-0.1, -0.05) is 20.8 Å². The molecule has 0 N–H and O–H groups in total. The molecule has 0 saturated carbocycles. The van der Waals surface area contributed by atoms with Crippen molar-refractivity contribution in [3.63, 3.8) is 0 Å². The lowest BCUT2D eigenvalue weighted by Gasteiger charge is -2.10. The van der Waals surface area contributed by atoms with Gasteiger partial charge in [-0.15, -0.1) is 0 Å². The molecule has 2 radical (unpaired) electrons. The van der Waals surface area contributed by atoms with Crippen LogP contribution in [-0.2, 0) is 4.74 Å². The van der Waals surface area contributed by atoms with E-state index in [0.717, 1.165) is 18.8 Å². The fraction of sp³-hybridized carbons (Fsp3) is 0.778. The van der Waals surface area contributed by atoms with E-state index in [9.17, 15) is 0 Å². The van der Waals surface area contributed by atoms with Crippen molar-refractivity contribution in [3.8, 4) is 0 Å². The molecular weight excluding hydrogens is 135 g/mol. The number of rotatable bonds is 5. The van der Waals surface area contributed by atoms with Crippen LogP contribution in [0.1, 0.15) is 27.2 Å². The second-order valence-corrected chi connectivity index (χ2v) is 2.99. The van der Waals surface area contributed by atoms with Crippen LogP contribution in [0.15, 0.2) is 11.8 Å². The molecule has 2 heteroatoms. The summed E-state index contributed by atoms with van der Waals surface area (Å²) in [7, 11) is 5.45. The van der Waals surface area contributed by atoms with Crippen LogP contribution in [0.25, 0.3) is 0 Å². The van der Waals surface area contributed by atoms with Crippen molar-refractivity contribution < 1.29 is 4.74 Å². The van der Waals surface area contributed by atoms with E-state index in [4.69, 9.17) is 12.6 Å². The Labute approximate surface area is 71.2 Å². The smallest absolute Gasteiger partial charge is 0.0899 e. The minimum Gasteiger partial charge on any atom is -0.499 e. The maximum atomic E-state index is 5.45. The lowest BCUT2D eigenvalue weighted by atomic mass is 10.0. The molecule has 0 aliphatic heterocycles. The van der Waals surface area contributed by atoms with Gasteiger partial charge in [0.25, 0.3) is 0 Å². The molecule has 0 aliphatic carbocycles. The first-order valence-corrected chi connectivity index (χ1v) is 4.22. The highest BCUT2D eigenvalue weighted by atomic mass is 16.5.